The maximum atomic E-state index is 12.0. The lowest BCUT2D eigenvalue weighted by Gasteiger charge is -2.15. The van der Waals surface area contributed by atoms with Gasteiger partial charge in [-0.15, -0.1) is 0 Å². The minimum atomic E-state index is -1.05. The van der Waals surface area contributed by atoms with Gasteiger partial charge in [0.2, 0.25) is 11.8 Å². The zero-order chi connectivity index (χ0) is 22.5. The van der Waals surface area contributed by atoms with Gasteiger partial charge in [-0.25, -0.2) is 4.79 Å². The van der Waals surface area contributed by atoms with Gasteiger partial charge in [0, 0.05) is 19.4 Å². The first-order valence-electron chi connectivity index (χ1n) is 12.3. The zero-order valence-electron chi connectivity index (χ0n) is 19.5. The Labute approximate surface area is 184 Å². The predicted octanol–water partition coefficient (Wildman–Crippen LogP) is 5.34. The smallest absolute Gasteiger partial charge is 0.326 e. The van der Waals surface area contributed by atoms with Gasteiger partial charge >= 0.3 is 5.97 Å². The minimum Gasteiger partial charge on any atom is -0.480 e. The average Bonchev–Trinajstić information content (AvgIpc) is 2.71. The maximum absolute atomic E-state index is 12.0. The van der Waals surface area contributed by atoms with Crippen LogP contribution in [-0.4, -0.2) is 35.5 Å². The van der Waals surface area contributed by atoms with Gasteiger partial charge in [-0.3, -0.25) is 9.59 Å². The van der Waals surface area contributed by atoms with Crippen molar-refractivity contribution in [3.63, 3.8) is 0 Å². The van der Waals surface area contributed by atoms with Gasteiger partial charge in [0.15, 0.2) is 0 Å². The van der Waals surface area contributed by atoms with E-state index < -0.39 is 12.0 Å². The Bertz CT molecular complexity index is 454. The fourth-order valence-corrected chi connectivity index (χ4v) is 3.45. The van der Waals surface area contributed by atoms with Crippen molar-refractivity contribution in [2.24, 2.45) is 0 Å². The number of aliphatic carboxylic acids is 1. The molecule has 0 heterocycles. The van der Waals surface area contributed by atoms with Crippen LogP contribution in [0.5, 0.6) is 0 Å². The Hall–Kier alpha value is -1.59. The van der Waals surface area contributed by atoms with Crippen LogP contribution in [0.1, 0.15) is 123 Å². The number of rotatable bonds is 21. The van der Waals surface area contributed by atoms with Gasteiger partial charge in [0.05, 0.1) is 0 Å². The van der Waals surface area contributed by atoms with Gasteiger partial charge in [0.1, 0.15) is 6.04 Å². The number of hydrogen-bond donors (Lipinski definition) is 3. The monoisotopic (exact) mass is 426 g/mol. The molecule has 0 aromatic heterocycles. The first kappa shape index (κ1) is 28.4. The molecule has 0 aromatic rings. The lowest BCUT2D eigenvalue weighted by molar-refractivity contribution is -0.142. The van der Waals surface area contributed by atoms with Crippen LogP contribution in [0.2, 0.25) is 0 Å². The van der Waals surface area contributed by atoms with Crippen LogP contribution in [0.15, 0.2) is 0 Å². The van der Waals surface area contributed by atoms with Gasteiger partial charge in [-0.05, 0) is 19.3 Å². The Morgan fingerprint density at radius 3 is 1.57 bits per heavy atom. The third-order valence-electron chi connectivity index (χ3n) is 5.40. The summed E-state index contributed by atoms with van der Waals surface area (Å²) in [5, 5.41) is 14.7. The Kier molecular flexibility index (Phi) is 19.6. The molecule has 0 radical (unpaired) electrons. The molecule has 0 spiro atoms. The first-order chi connectivity index (χ1) is 14.5. The number of carboxylic acids is 1. The number of amides is 2. The summed E-state index contributed by atoms with van der Waals surface area (Å²) in [4.78, 5) is 35.3. The SMILES string of the molecule is CCCCCCCCCC(=O)NCCC(NC(=O)CCCCCCCCC)C(=O)O. The fraction of sp³-hybridized carbons (Fsp3) is 0.875. The van der Waals surface area contributed by atoms with Crippen LogP contribution in [-0.2, 0) is 14.4 Å². The number of nitrogens with one attached hydrogen (secondary N) is 2. The summed E-state index contributed by atoms with van der Waals surface area (Å²) in [5.74, 6) is -1.31. The molecule has 6 nitrogen and oxygen atoms in total. The molecule has 0 aliphatic carbocycles. The van der Waals surface area contributed by atoms with E-state index >= 15 is 0 Å². The lowest BCUT2D eigenvalue weighted by Crippen LogP contribution is -2.43. The van der Waals surface area contributed by atoms with Crippen LogP contribution in [0.4, 0.5) is 0 Å². The van der Waals surface area contributed by atoms with Crippen molar-refractivity contribution < 1.29 is 19.5 Å². The molecule has 176 valence electrons. The number of unbranched alkanes of at least 4 members (excludes halogenated alkanes) is 12. The summed E-state index contributed by atoms with van der Waals surface area (Å²) in [6.45, 7) is 4.65. The normalized spacial score (nSPS) is 11.8. The standard InChI is InChI=1S/C24H46N2O4/c1-3-5-7-9-11-13-15-17-22(27)25-20-19-21(24(29)30)26-23(28)18-16-14-12-10-8-6-4-2/h21H,3-20H2,1-2H3,(H,25,27)(H,26,28)(H,29,30). The minimum absolute atomic E-state index is 0.0397. The van der Waals surface area contributed by atoms with Crippen molar-refractivity contribution >= 4 is 17.8 Å². The lowest BCUT2D eigenvalue weighted by atomic mass is 10.1. The zero-order valence-corrected chi connectivity index (χ0v) is 19.5. The van der Waals surface area contributed by atoms with E-state index in [0.717, 1.165) is 32.1 Å². The highest BCUT2D eigenvalue weighted by Crippen LogP contribution is 2.09. The highest BCUT2D eigenvalue weighted by Gasteiger charge is 2.19. The predicted molar refractivity (Wildman–Crippen MR) is 122 cm³/mol. The first-order valence-corrected chi connectivity index (χ1v) is 12.3. The third kappa shape index (κ3) is 18.4. The Morgan fingerprint density at radius 1 is 0.667 bits per heavy atom. The molecule has 3 N–H and O–H groups in total. The van der Waals surface area contributed by atoms with Crippen molar-refractivity contribution in [3.8, 4) is 0 Å². The van der Waals surface area contributed by atoms with Crippen molar-refractivity contribution in [1.29, 1.82) is 0 Å². The van der Waals surface area contributed by atoms with Gasteiger partial charge in [-0.2, -0.15) is 0 Å². The van der Waals surface area contributed by atoms with E-state index in [-0.39, 0.29) is 24.8 Å². The highest BCUT2D eigenvalue weighted by atomic mass is 16.4. The number of carbonyl (C=O) groups is 3. The van der Waals surface area contributed by atoms with Crippen molar-refractivity contribution in [1.82, 2.24) is 10.6 Å². The second-order valence-corrected chi connectivity index (χ2v) is 8.34. The molecule has 0 bridgehead atoms. The Balaban J connectivity index is 3.81. The molecular weight excluding hydrogens is 380 g/mol. The van der Waals surface area contributed by atoms with E-state index in [1.54, 1.807) is 0 Å². The average molecular weight is 427 g/mol. The summed E-state index contributed by atoms with van der Waals surface area (Å²) in [6.07, 6.45) is 17.0. The molecule has 30 heavy (non-hydrogen) atoms. The second kappa shape index (κ2) is 20.7. The van der Waals surface area contributed by atoms with Gasteiger partial charge < -0.3 is 15.7 Å². The van der Waals surface area contributed by atoms with E-state index in [1.165, 1.54) is 57.8 Å². The molecule has 1 unspecified atom stereocenters. The molecule has 0 aliphatic heterocycles. The largest absolute Gasteiger partial charge is 0.480 e. The van der Waals surface area contributed by atoms with Crippen molar-refractivity contribution in [2.45, 2.75) is 129 Å². The van der Waals surface area contributed by atoms with E-state index in [0.29, 0.717) is 12.8 Å². The van der Waals surface area contributed by atoms with E-state index in [2.05, 4.69) is 24.5 Å². The van der Waals surface area contributed by atoms with Crippen molar-refractivity contribution in [2.75, 3.05) is 6.54 Å². The van der Waals surface area contributed by atoms with Crippen LogP contribution in [0.3, 0.4) is 0 Å². The van der Waals surface area contributed by atoms with Gasteiger partial charge in [-0.1, -0.05) is 90.9 Å². The van der Waals surface area contributed by atoms with E-state index in [1.807, 2.05) is 0 Å². The molecule has 0 aromatic carbocycles. The van der Waals surface area contributed by atoms with Crippen molar-refractivity contribution in [3.05, 3.63) is 0 Å². The molecule has 2 amide bonds. The summed E-state index contributed by atoms with van der Waals surface area (Å²) >= 11 is 0. The van der Waals surface area contributed by atoms with Crippen LogP contribution < -0.4 is 10.6 Å². The second-order valence-electron chi connectivity index (χ2n) is 8.34. The number of carbonyl (C=O) groups excluding carboxylic acids is 2. The molecule has 0 saturated heterocycles. The number of carboxylic acid groups (broad SMARTS) is 1. The summed E-state index contributed by atoms with van der Waals surface area (Å²) in [7, 11) is 0. The third-order valence-corrected chi connectivity index (χ3v) is 5.40. The van der Waals surface area contributed by atoms with E-state index in [9.17, 15) is 19.5 Å². The number of hydrogen-bond acceptors (Lipinski definition) is 3. The fourth-order valence-electron chi connectivity index (χ4n) is 3.45. The molecule has 1 atom stereocenters. The van der Waals surface area contributed by atoms with Crippen LogP contribution in [0, 0.1) is 0 Å². The molecule has 6 heteroatoms. The van der Waals surface area contributed by atoms with Gasteiger partial charge in [0.25, 0.3) is 0 Å². The van der Waals surface area contributed by atoms with Crippen LogP contribution >= 0.6 is 0 Å². The molecule has 0 rings (SSSR count). The highest BCUT2D eigenvalue weighted by molar-refractivity contribution is 5.83. The molecule has 0 saturated carbocycles. The van der Waals surface area contributed by atoms with E-state index in [4.69, 9.17) is 0 Å². The topological polar surface area (TPSA) is 95.5 Å². The molecular formula is C24H46N2O4. The quantitative estimate of drug-likeness (QED) is 0.216. The maximum Gasteiger partial charge on any atom is 0.326 e. The molecule has 0 fully saturated rings. The summed E-state index contributed by atoms with van der Waals surface area (Å²) in [6, 6.07) is -0.944. The summed E-state index contributed by atoms with van der Waals surface area (Å²) in [5.41, 5.74) is 0. The summed E-state index contributed by atoms with van der Waals surface area (Å²) < 4.78 is 0. The van der Waals surface area contributed by atoms with Crippen LogP contribution in [0.25, 0.3) is 0 Å². The molecule has 0 aliphatic rings. The Morgan fingerprint density at radius 2 is 1.10 bits per heavy atom.